The van der Waals surface area contributed by atoms with E-state index in [-0.39, 0.29) is 11.5 Å². The number of carbonyl (C=O) groups is 3. The third-order valence-electron chi connectivity index (χ3n) is 5.44. The van der Waals surface area contributed by atoms with Gasteiger partial charge in [0.25, 0.3) is 5.91 Å². The molecule has 1 aromatic heterocycles. The van der Waals surface area contributed by atoms with Crippen LogP contribution in [-0.4, -0.2) is 64.0 Å². The molecule has 1 saturated heterocycles. The molecule has 3 aromatic rings. The van der Waals surface area contributed by atoms with Gasteiger partial charge in [0, 0.05) is 50.2 Å². The first-order valence-corrected chi connectivity index (χ1v) is 10.8. The highest BCUT2D eigenvalue weighted by molar-refractivity contribution is 6.04. The molecule has 9 nitrogen and oxygen atoms in total. The fraction of sp³-hybridized carbons (Fsp3) is 0.200. The van der Waals surface area contributed by atoms with E-state index in [1.54, 1.807) is 59.5 Å². The lowest BCUT2D eigenvalue weighted by molar-refractivity contribution is 0.0696. The molecule has 0 saturated carbocycles. The zero-order valence-electron chi connectivity index (χ0n) is 18.4. The fourth-order valence-corrected chi connectivity index (χ4v) is 3.53. The number of aromatic nitrogens is 1. The van der Waals surface area contributed by atoms with Gasteiger partial charge in [-0.05, 0) is 48.5 Å². The van der Waals surface area contributed by atoms with Gasteiger partial charge >= 0.3 is 12.1 Å². The van der Waals surface area contributed by atoms with Crippen molar-refractivity contribution in [1.29, 1.82) is 0 Å². The Morgan fingerprint density at radius 1 is 0.882 bits per heavy atom. The number of hydrogen-bond acceptors (Lipinski definition) is 6. The average molecular weight is 460 g/mol. The van der Waals surface area contributed by atoms with E-state index >= 15 is 0 Å². The molecule has 0 spiro atoms. The first-order valence-electron chi connectivity index (χ1n) is 10.8. The highest BCUT2D eigenvalue weighted by atomic mass is 16.6. The van der Waals surface area contributed by atoms with E-state index < -0.39 is 12.1 Å². The number of amides is 2. The minimum Gasteiger partial charge on any atom is -0.478 e. The number of benzene rings is 2. The summed E-state index contributed by atoms with van der Waals surface area (Å²) in [6.45, 7) is 2.91. The average Bonchev–Trinajstić information content (AvgIpc) is 2.86. The largest absolute Gasteiger partial charge is 0.478 e. The monoisotopic (exact) mass is 460 g/mol. The van der Waals surface area contributed by atoms with Crippen molar-refractivity contribution in [2.45, 2.75) is 6.54 Å². The maximum absolute atomic E-state index is 12.5. The topological polar surface area (TPSA) is 112 Å². The number of aromatic carboxylic acids is 1. The van der Waals surface area contributed by atoms with Crippen molar-refractivity contribution in [2.75, 3.05) is 31.5 Å². The van der Waals surface area contributed by atoms with Gasteiger partial charge in [-0.1, -0.05) is 18.2 Å². The second kappa shape index (κ2) is 10.6. The van der Waals surface area contributed by atoms with Crippen LogP contribution in [0.5, 0.6) is 5.75 Å². The standard InChI is InChI=1S/C25H24N4O5/c30-23(18-4-2-1-3-5-18)27-20-8-10-22(11-9-20)34-25(33)29-14-12-28(13-15-29)17-21-7-6-19(16-26-21)24(31)32/h1-11,16H,12-15,17H2,(H,27,30)(H,31,32). The summed E-state index contributed by atoms with van der Waals surface area (Å²) in [4.78, 5) is 43.7. The predicted molar refractivity (Wildman–Crippen MR) is 125 cm³/mol. The quantitative estimate of drug-likeness (QED) is 0.580. The maximum atomic E-state index is 12.5. The number of hydrogen-bond donors (Lipinski definition) is 2. The van der Waals surface area contributed by atoms with Crippen molar-refractivity contribution < 1.29 is 24.2 Å². The molecule has 0 unspecified atom stereocenters. The van der Waals surface area contributed by atoms with Gasteiger partial charge in [-0.25, -0.2) is 9.59 Å². The molecule has 0 bridgehead atoms. The molecule has 2 amide bonds. The van der Waals surface area contributed by atoms with Crippen LogP contribution in [0.25, 0.3) is 0 Å². The maximum Gasteiger partial charge on any atom is 0.415 e. The number of carbonyl (C=O) groups excluding carboxylic acids is 2. The number of anilines is 1. The lowest BCUT2D eigenvalue weighted by atomic mass is 10.2. The molecule has 34 heavy (non-hydrogen) atoms. The molecule has 2 aromatic carbocycles. The summed E-state index contributed by atoms with van der Waals surface area (Å²) < 4.78 is 5.48. The second-order valence-electron chi connectivity index (χ2n) is 7.82. The van der Waals surface area contributed by atoms with Crippen LogP contribution >= 0.6 is 0 Å². The molecule has 4 rings (SSSR count). The van der Waals surface area contributed by atoms with Crippen LogP contribution in [0.2, 0.25) is 0 Å². The number of ether oxygens (including phenoxy) is 1. The predicted octanol–water partition coefficient (Wildman–Crippen LogP) is 3.35. The first kappa shape index (κ1) is 22.9. The zero-order chi connectivity index (χ0) is 23.9. The molecule has 2 heterocycles. The SMILES string of the molecule is O=C(O)c1ccc(CN2CCN(C(=O)Oc3ccc(NC(=O)c4ccccc4)cc3)CC2)nc1. The number of rotatable bonds is 6. The van der Waals surface area contributed by atoms with E-state index in [1.165, 1.54) is 12.3 Å². The molecular formula is C25H24N4O5. The van der Waals surface area contributed by atoms with Gasteiger partial charge in [-0.3, -0.25) is 14.7 Å². The van der Waals surface area contributed by atoms with Crippen LogP contribution in [0.4, 0.5) is 10.5 Å². The van der Waals surface area contributed by atoms with Gasteiger partial charge in [-0.2, -0.15) is 0 Å². The Morgan fingerprint density at radius 2 is 1.59 bits per heavy atom. The van der Waals surface area contributed by atoms with Gasteiger partial charge < -0.3 is 20.1 Å². The number of carboxylic acid groups (broad SMARTS) is 1. The Kier molecular flexibility index (Phi) is 7.14. The van der Waals surface area contributed by atoms with E-state index in [1.807, 2.05) is 6.07 Å². The number of carboxylic acids is 1. The number of nitrogens with zero attached hydrogens (tertiary/aromatic N) is 3. The Morgan fingerprint density at radius 3 is 2.21 bits per heavy atom. The van der Waals surface area contributed by atoms with Crippen LogP contribution in [0.15, 0.2) is 72.9 Å². The van der Waals surface area contributed by atoms with Crippen molar-refractivity contribution in [3.8, 4) is 5.75 Å². The molecule has 2 N–H and O–H groups in total. The summed E-state index contributed by atoms with van der Waals surface area (Å²) >= 11 is 0. The highest BCUT2D eigenvalue weighted by Crippen LogP contribution is 2.18. The third-order valence-corrected chi connectivity index (χ3v) is 5.44. The molecule has 1 fully saturated rings. The normalized spacial score (nSPS) is 13.8. The summed E-state index contributed by atoms with van der Waals surface area (Å²) in [7, 11) is 0. The first-order chi connectivity index (χ1) is 16.5. The Hall–Kier alpha value is -4.24. The lowest BCUT2D eigenvalue weighted by Crippen LogP contribution is -2.49. The van der Waals surface area contributed by atoms with Crippen molar-refractivity contribution in [2.24, 2.45) is 0 Å². The second-order valence-corrected chi connectivity index (χ2v) is 7.82. The van der Waals surface area contributed by atoms with Crippen LogP contribution in [-0.2, 0) is 6.54 Å². The van der Waals surface area contributed by atoms with Gasteiger partial charge in [0.1, 0.15) is 5.75 Å². The Labute approximate surface area is 196 Å². The molecule has 1 aliphatic rings. The van der Waals surface area contributed by atoms with Gasteiger partial charge in [0.2, 0.25) is 0 Å². The Balaban J connectivity index is 1.23. The molecule has 174 valence electrons. The summed E-state index contributed by atoms with van der Waals surface area (Å²) in [6.07, 6.45) is 0.925. The van der Waals surface area contributed by atoms with Crippen molar-refractivity contribution in [1.82, 2.24) is 14.8 Å². The van der Waals surface area contributed by atoms with Crippen LogP contribution in [0, 0.1) is 0 Å². The van der Waals surface area contributed by atoms with Crippen molar-refractivity contribution in [3.63, 3.8) is 0 Å². The summed E-state index contributed by atoms with van der Waals surface area (Å²) in [5.74, 6) is -0.818. The zero-order valence-corrected chi connectivity index (χ0v) is 18.4. The van der Waals surface area contributed by atoms with Crippen LogP contribution in [0.1, 0.15) is 26.4 Å². The van der Waals surface area contributed by atoms with Crippen LogP contribution in [0.3, 0.4) is 0 Å². The van der Waals surface area contributed by atoms with E-state index in [0.29, 0.717) is 49.7 Å². The Bertz CT molecular complexity index is 1140. The molecular weight excluding hydrogens is 436 g/mol. The van der Waals surface area contributed by atoms with Crippen molar-refractivity contribution in [3.05, 3.63) is 89.7 Å². The summed E-state index contributed by atoms with van der Waals surface area (Å²) in [6, 6.07) is 18.8. The van der Waals surface area contributed by atoms with Gasteiger partial charge in [0.05, 0.1) is 11.3 Å². The molecule has 9 heteroatoms. The van der Waals surface area contributed by atoms with E-state index in [9.17, 15) is 14.4 Å². The number of nitrogens with one attached hydrogen (secondary N) is 1. The minimum absolute atomic E-state index is 0.155. The van der Waals surface area contributed by atoms with E-state index in [0.717, 1.165) is 5.69 Å². The summed E-state index contributed by atoms with van der Waals surface area (Å²) in [5, 5.41) is 11.8. The van der Waals surface area contributed by atoms with Gasteiger partial charge in [0.15, 0.2) is 0 Å². The number of pyridine rings is 1. The number of piperazine rings is 1. The third kappa shape index (κ3) is 5.96. The van der Waals surface area contributed by atoms with E-state index in [4.69, 9.17) is 9.84 Å². The molecule has 0 radical (unpaired) electrons. The van der Waals surface area contributed by atoms with Gasteiger partial charge in [-0.15, -0.1) is 0 Å². The highest BCUT2D eigenvalue weighted by Gasteiger charge is 2.23. The fourth-order valence-electron chi connectivity index (χ4n) is 3.53. The summed E-state index contributed by atoms with van der Waals surface area (Å²) in [5.41, 5.74) is 2.10. The van der Waals surface area contributed by atoms with Crippen LogP contribution < -0.4 is 10.1 Å². The van der Waals surface area contributed by atoms with Crippen molar-refractivity contribution >= 4 is 23.7 Å². The molecule has 0 aliphatic carbocycles. The molecule has 1 aliphatic heterocycles. The molecule has 0 atom stereocenters. The van der Waals surface area contributed by atoms with E-state index in [2.05, 4.69) is 15.2 Å². The minimum atomic E-state index is -1.00. The smallest absolute Gasteiger partial charge is 0.415 e. The lowest BCUT2D eigenvalue weighted by Gasteiger charge is -2.33.